The lowest BCUT2D eigenvalue weighted by Gasteiger charge is -2.36. The minimum atomic E-state index is -0.260. The van der Waals surface area contributed by atoms with E-state index < -0.39 is 0 Å². The van der Waals surface area contributed by atoms with Crippen molar-refractivity contribution >= 4 is 28.8 Å². The molecule has 2 amide bonds. The third kappa shape index (κ3) is 3.46. The van der Waals surface area contributed by atoms with Crippen LogP contribution in [0.5, 0.6) is 0 Å². The maximum atomic E-state index is 12.2. The molecule has 0 aliphatic carbocycles. The van der Waals surface area contributed by atoms with Crippen LogP contribution in [-0.4, -0.2) is 61.4 Å². The van der Waals surface area contributed by atoms with Crippen molar-refractivity contribution in [2.75, 3.05) is 44.7 Å². The van der Waals surface area contributed by atoms with Gasteiger partial charge in [-0.1, -0.05) is 6.58 Å². The summed E-state index contributed by atoms with van der Waals surface area (Å²) in [5.41, 5.74) is 0.943. The molecule has 0 spiro atoms. The fraction of sp³-hybridized carbons (Fsp3) is 0.400. The predicted octanol–water partition coefficient (Wildman–Crippen LogP) is 0.913. The van der Waals surface area contributed by atoms with Crippen molar-refractivity contribution in [1.82, 2.24) is 9.80 Å². The number of nitriles is 1. The number of rotatable bonds is 4. The van der Waals surface area contributed by atoms with Crippen LogP contribution in [-0.2, 0) is 9.59 Å². The van der Waals surface area contributed by atoms with Gasteiger partial charge in [0.2, 0.25) is 11.8 Å². The van der Waals surface area contributed by atoms with Gasteiger partial charge < -0.3 is 14.7 Å². The van der Waals surface area contributed by atoms with Crippen LogP contribution in [0.25, 0.3) is 0 Å². The fourth-order valence-corrected chi connectivity index (χ4v) is 3.07. The Labute approximate surface area is 133 Å². The number of hydrogen-bond acceptors (Lipinski definition) is 5. The summed E-state index contributed by atoms with van der Waals surface area (Å²) in [6, 6.07) is 4.14. The summed E-state index contributed by atoms with van der Waals surface area (Å²) >= 11 is 1.43. The average Bonchev–Trinajstić information content (AvgIpc) is 3.02. The molecule has 1 aromatic rings. The number of carbonyl (C=O) groups is 2. The van der Waals surface area contributed by atoms with Gasteiger partial charge >= 0.3 is 0 Å². The van der Waals surface area contributed by atoms with Crippen LogP contribution in [0, 0.1) is 11.3 Å². The molecule has 2 heterocycles. The third-order valence-corrected chi connectivity index (χ3v) is 4.45. The smallest absolute Gasteiger partial charge is 0.246 e. The van der Waals surface area contributed by atoms with Crippen LogP contribution >= 0.6 is 11.3 Å². The second-order valence-electron chi connectivity index (χ2n) is 5.01. The van der Waals surface area contributed by atoms with Crippen LogP contribution in [0.2, 0.25) is 0 Å². The summed E-state index contributed by atoms with van der Waals surface area (Å²) < 4.78 is 0. The number of hydrogen-bond donors (Lipinski definition) is 0. The molecule has 22 heavy (non-hydrogen) atoms. The number of amides is 2. The minimum absolute atomic E-state index is 0.0623. The van der Waals surface area contributed by atoms with E-state index >= 15 is 0 Å². The Hall–Kier alpha value is -2.33. The SMILES string of the molecule is C=CC(=O)N(C)CC(=O)N1CCN(c2ccsc2C#N)CC1. The highest BCUT2D eigenvalue weighted by Gasteiger charge is 2.24. The van der Waals surface area contributed by atoms with E-state index in [1.807, 2.05) is 11.4 Å². The van der Waals surface area contributed by atoms with E-state index in [-0.39, 0.29) is 18.4 Å². The molecule has 0 aromatic carbocycles. The topological polar surface area (TPSA) is 67.7 Å². The van der Waals surface area contributed by atoms with Crippen LogP contribution in [0.3, 0.4) is 0 Å². The Morgan fingerprint density at radius 3 is 2.73 bits per heavy atom. The van der Waals surface area contributed by atoms with Crippen LogP contribution in [0.4, 0.5) is 5.69 Å². The Balaban J connectivity index is 1.89. The molecule has 2 rings (SSSR count). The first-order chi connectivity index (χ1) is 10.6. The Morgan fingerprint density at radius 2 is 2.14 bits per heavy atom. The number of thiophene rings is 1. The second kappa shape index (κ2) is 7.09. The van der Waals surface area contributed by atoms with E-state index in [4.69, 9.17) is 5.26 Å². The predicted molar refractivity (Wildman–Crippen MR) is 85.7 cm³/mol. The number of anilines is 1. The molecule has 1 fully saturated rings. The lowest BCUT2D eigenvalue weighted by Crippen LogP contribution is -2.51. The van der Waals surface area contributed by atoms with E-state index in [2.05, 4.69) is 17.5 Å². The second-order valence-corrected chi connectivity index (χ2v) is 5.93. The largest absolute Gasteiger partial charge is 0.366 e. The molecule has 0 N–H and O–H groups in total. The lowest BCUT2D eigenvalue weighted by molar-refractivity contribution is -0.137. The van der Waals surface area contributed by atoms with E-state index in [1.165, 1.54) is 22.3 Å². The molecule has 0 bridgehead atoms. The number of carbonyl (C=O) groups excluding carboxylic acids is 2. The van der Waals surface area contributed by atoms with Crippen molar-refractivity contribution in [2.24, 2.45) is 0 Å². The molecule has 1 aromatic heterocycles. The third-order valence-electron chi connectivity index (χ3n) is 3.64. The summed E-state index contributed by atoms with van der Waals surface area (Å²) in [4.78, 5) is 29.5. The lowest BCUT2D eigenvalue weighted by atomic mass is 10.2. The molecule has 0 atom stereocenters. The zero-order valence-corrected chi connectivity index (χ0v) is 13.3. The summed E-state index contributed by atoms with van der Waals surface area (Å²) in [7, 11) is 1.59. The van der Waals surface area contributed by atoms with E-state index in [0.29, 0.717) is 31.1 Å². The molecule has 6 nitrogen and oxygen atoms in total. The maximum Gasteiger partial charge on any atom is 0.246 e. The molecule has 0 saturated carbocycles. The van der Waals surface area contributed by atoms with Crippen LogP contribution in [0.1, 0.15) is 4.88 Å². The Bertz CT molecular complexity index is 611. The van der Waals surface area contributed by atoms with Crippen molar-refractivity contribution in [2.45, 2.75) is 0 Å². The van der Waals surface area contributed by atoms with Gasteiger partial charge in [-0.05, 0) is 17.5 Å². The van der Waals surface area contributed by atoms with Crippen molar-refractivity contribution in [1.29, 1.82) is 5.26 Å². The maximum absolute atomic E-state index is 12.2. The van der Waals surface area contributed by atoms with Gasteiger partial charge in [0.05, 0.1) is 12.2 Å². The summed E-state index contributed by atoms with van der Waals surface area (Å²) in [5.74, 6) is -0.327. The van der Waals surface area contributed by atoms with Crippen molar-refractivity contribution in [3.8, 4) is 6.07 Å². The van der Waals surface area contributed by atoms with Gasteiger partial charge in [0, 0.05) is 33.2 Å². The van der Waals surface area contributed by atoms with Crippen molar-refractivity contribution in [3.63, 3.8) is 0 Å². The van der Waals surface area contributed by atoms with Gasteiger partial charge in [-0.3, -0.25) is 9.59 Å². The van der Waals surface area contributed by atoms with E-state index in [9.17, 15) is 9.59 Å². The van der Waals surface area contributed by atoms with Crippen LogP contribution in [0.15, 0.2) is 24.1 Å². The van der Waals surface area contributed by atoms with Gasteiger partial charge in [0.15, 0.2) is 0 Å². The number of piperazine rings is 1. The first kappa shape index (κ1) is 16.0. The standard InChI is InChI=1S/C15H18N4O2S/c1-3-14(20)17(2)11-15(21)19-7-5-18(6-8-19)12-4-9-22-13(12)10-16/h3-4,9H,1,5-8,11H2,2H3. The van der Waals surface area contributed by atoms with Gasteiger partial charge in [0.25, 0.3) is 0 Å². The van der Waals surface area contributed by atoms with Crippen molar-refractivity contribution in [3.05, 3.63) is 29.0 Å². The van der Waals surface area contributed by atoms with E-state index in [0.717, 1.165) is 5.69 Å². The molecular formula is C15H18N4O2S. The fourth-order valence-electron chi connectivity index (χ4n) is 2.37. The first-order valence-electron chi connectivity index (χ1n) is 6.94. The van der Waals surface area contributed by atoms with E-state index in [1.54, 1.807) is 11.9 Å². The normalized spacial score (nSPS) is 14.4. The number of likely N-dealkylation sites (N-methyl/N-ethyl adjacent to an activating group) is 1. The monoisotopic (exact) mass is 318 g/mol. The van der Waals surface area contributed by atoms with Crippen molar-refractivity contribution < 1.29 is 9.59 Å². The molecule has 1 aliphatic heterocycles. The molecule has 7 heteroatoms. The molecule has 1 saturated heterocycles. The van der Waals surface area contributed by atoms with Gasteiger partial charge in [-0.15, -0.1) is 11.3 Å². The molecule has 0 unspecified atom stereocenters. The highest BCUT2D eigenvalue weighted by atomic mass is 32.1. The molecule has 116 valence electrons. The molecular weight excluding hydrogens is 300 g/mol. The summed E-state index contributed by atoms with van der Waals surface area (Å²) in [6.07, 6.45) is 1.20. The van der Waals surface area contributed by atoms with Gasteiger partial charge in [0.1, 0.15) is 10.9 Å². The highest BCUT2D eigenvalue weighted by molar-refractivity contribution is 7.11. The molecule has 0 radical (unpaired) electrons. The summed E-state index contributed by atoms with van der Waals surface area (Å²) in [6.45, 7) is 6.04. The van der Waals surface area contributed by atoms with Gasteiger partial charge in [-0.25, -0.2) is 0 Å². The Kier molecular flexibility index (Phi) is 5.17. The zero-order chi connectivity index (χ0) is 16.1. The minimum Gasteiger partial charge on any atom is -0.366 e. The highest BCUT2D eigenvalue weighted by Crippen LogP contribution is 2.26. The number of nitrogens with zero attached hydrogens (tertiary/aromatic N) is 4. The average molecular weight is 318 g/mol. The van der Waals surface area contributed by atoms with Crippen LogP contribution < -0.4 is 4.90 Å². The Morgan fingerprint density at radius 1 is 1.45 bits per heavy atom. The van der Waals surface area contributed by atoms with Gasteiger partial charge in [-0.2, -0.15) is 5.26 Å². The molecule has 1 aliphatic rings. The summed E-state index contributed by atoms with van der Waals surface area (Å²) in [5, 5.41) is 11.0. The first-order valence-corrected chi connectivity index (χ1v) is 7.82. The zero-order valence-electron chi connectivity index (χ0n) is 12.5. The quantitative estimate of drug-likeness (QED) is 0.774.